The fraction of sp³-hybridized carbons (Fsp3) is 0.500. The van der Waals surface area contributed by atoms with Crippen LogP contribution in [-0.2, 0) is 38.2 Å². The minimum absolute atomic E-state index is 0.0661. The molecule has 0 aliphatic carbocycles. The zero-order chi connectivity index (χ0) is 30.6. The van der Waals surface area contributed by atoms with E-state index in [4.69, 9.17) is 9.72 Å². The van der Waals surface area contributed by atoms with E-state index >= 15 is 4.39 Å². The molecule has 12 heteroatoms. The van der Waals surface area contributed by atoms with E-state index in [0.717, 1.165) is 55.7 Å². The van der Waals surface area contributed by atoms with E-state index in [0.29, 0.717) is 41.0 Å². The van der Waals surface area contributed by atoms with Crippen LogP contribution in [0.1, 0.15) is 53.2 Å². The minimum atomic E-state index is -0.875. The van der Waals surface area contributed by atoms with Crippen molar-refractivity contribution in [1.82, 2.24) is 24.7 Å². The molecule has 1 spiro atoms. The topological polar surface area (TPSA) is 114 Å². The third kappa shape index (κ3) is 4.96. The number of carbonyl (C=O) groups is 3. The Bertz CT molecular complexity index is 1670. The minimum Gasteiger partial charge on any atom is -0.380 e. The van der Waals surface area contributed by atoms with Crippen LogP contribution in [0.2, 0.25) is 0 Å². The number of aldehydes is 1. The van der Waals surface area contributed by atoms with E-state index in [1.807, 2.05) is 12.3 Å². The average molecular weight is 622 g/mol. The highest BCUT2D eigenvalue weighted by Crippen LogP contribution is 2.40. The van der Waals surface area contributed by atoms with E-state index < -0.39 is 34.5 Å². The number of piperidine rings is 1. The molecule has 10 nitrogen and oxygen atoms in total. The molecule has 4 aliphatic heterocycles. The molecule has 7 rings (SSSR count). The number of likely N-dealkylation sites (N-methyl/N-ethyl adjacent to an activating group) is 1. The summed E-state index contributed by atoms with van der Waals surface area (Å²) in [5.41, 5.74) is 3.33. The van der Waals surface area contributed by atoms with Gasteiger partial charge in [-0.15, -0.1) is 0 Å². The molecular formula is C32H36FN5O5S. The molecule has 3 aromatic rings. The van der Waals surface area contributed by atoms with Gasteiger partial charge in [-0.2, -0.15) is 0 Å². The van der Waals surface area contributed by atoms with Crippen molar-refractivity contribution in [1.29, 1.82) is 0 Å². The van der Waals surface area contributed by atoms with Crippen LogP contribution in [-0.4, -0.2) is 92.6 Å². The number of likely N-dealkylation sites (tertiary alicyclic amines) is 1. The number of benzene rings is 1. The van der Waals surface area contributed by atoms with Gasteiger partial charge in [0, 0.05) is 76.0 Å². The normalized spacial score (nSPS) is 23.3. The molecule has 0 bridgehead atoms. The highest BCUT2D eigenvalue weighted by molar-refractivity contribution is 7.86. The van der Waals surface area contributed by atoms with Crippen LogP contribution < -0.4 is 5.32 Å². The quantitative estimate of drug-likeness (QED) is 0.366. The number of ether oxygens (including phenoxy) is 1. The molecule has 232 valence electrons. The van der Waals surface area contributed by atoms with Crippen molar-refractivity contribution in [2.75, 3.05) is 44.9 Å². The molecular weight excluding hydrogens is 585 g/mol. The van der Waals surface area contributed by atoms with Gasteiger partial charge >= 0.3 is 0 Å². The number of carbonyl (C=O) groups excluding carboxylic acids is 3. The predicted octanol–water partition coefficient (Wildman–Crippen LogP) is 2.81. The number of hydrogen-bond donors (Lipinski definition) is 1. The number of nitrogens with one attached hydrogen (secondary N) is 1. The summed E-state index contributed by atoms with van der Waals surface area (Å²) in [7, 11) is 0.638. The summed E-state index contributed by atoms with van der Waals surface area (Å²) in [6.07, 6.45) is 5.16. The Morgan fingerprint density at radius 1 is 1.23 bits per heavy atom. The summed E-state index contributed by atoms with van der Waals surface area (Å²) in [6, 6.07) is 6.44. The largest absolute Gasteiger partial charge is 0.380 e. The SMILES string of the molecule is CNC(=O)C(CCC=O)N1Cc2c(ccc(-c3cc(CN4CCC5(CC4)COC5)c4ccn(C5CS(=O)C5)c4n3)c2F)C1=O. The number of pyridine rings is 1. The lowest BCUT2D eigenvalue weighted by molar-refractivity contribution is -0.140. The number of amides is 2. The molecule has 1 unspecified atom stereocenters. The molecule has 0 radical (unpaired) electrons. The molecule has 1 aromatic carbocycles. The van der Waals surface area contributed by atoms with E-state index in [-0.39, 0.29) is 36.6 Å². The first-order valence-electron chi connectivity index (χ1n) is 15.2. The summed E-state index contributed by atoms with van der Waals surface area (Å²) in [5.74, 6) is -0.210. The van der Waals surface area contributed by atoms with E-state index in [1.165, 1.54) is 11.9 Å². The van der Waals surface area contributed by atoms with Crippen molar-refractivity contribution >= 4 is 39.9 Å². The summed E-state index contributed by atoms with van der Waals surface area (Å²) in [4.78, 5) is 45.7. The average Bonchev–Trinajstić information content (AvgIpc) is 3.57. The van der Waals surface area contributed by atoms with Gasteiger partial charge in [-0.1, -0.05) is 0 Å². The van der Waals surface area contributed by atoms with Crippen molar-refractivity contribution in [3.63, 3.8) is 0 Å². The summed E-state index contributed by atoms with van der Waals surface area (Å²) >= 11 is 0. The molecule has 6 heterocycles. The number of aromatic nitrogens is 2. The number of halogens is 1. The van der Waals surface area contributed by atoms with Gasteiger partial charge in [0.1, 0.15) is 23.8 Å². The smallest absolute Gasteiger partial charge is 0.255 e. The maximum atomic E-state index is 16.4. The molecule has 2 aromatic heterocycles. The molecule has 1 atom stereocenters. The van der Waals surface area contributed by atoms with Crippen molar-refractivity contribution in [2.45, 2.75) is 50.9 Å². The van der Waals surface area contributed by atoms with Crippen molar-refractivity contribution in [3.05, 3.63) is 53.0 Å². The zero-order valence-electron chi connectivity index (χ0n) is 24.7. The Morgan fingerprint density at radius 3 is 2.64 bits per heavy atom. The molecule has 4 aliphatic rings. The van der Waals surface area contributed by atoms with Gasteiger partial charge in [0.25, 0.3) is 5.91 Å². The van der Waals surface area contributed by atoms with Crippen LogP contribution in [0.3, 0.4) is 0 Å². The predicted molar refractivity (Wildman–Crippen MR) is 163 cm³/mol. The van der Waals surface area contributed by atoms with Gasteiger partial charge in [0.15, 0.2) is 0 Å². The molecule has 44 heavy (non-hydrogen) atoms. The van der Waals surface area contributed by atoms with E-state index in [1.54, 1.807) is 12.1 Å². The molecule has 2 amide bonds. The van der Waals surface area contributed by atoms with Crippen LogP contribution in [0, 0.1) is 11.2 Å². The van der Waals surface area contributed by atoms with E-state index in [2.05, 4.69) is 20.9 Å². The summed E-state index contributed by atoms with van der Waals surface area (Å²) in [6.45, 7) is 4.25. The first kappa shape index (κ1) is 29.2. The monoisotopic (exact) mass is 621 g/mol. The highest BCUT2D eigenvalue weighted by Gasteiger charge is 2.41. The second-order valence-electron chi connectivity index (χ2n) is 12.6. The highest BCUT2D eigenvalue weighted by atomic mass is 32.2. The fourth-order valence-corrected chi connectivity index (χ4v) is 8.13. The lowest BCUT2D eigenvalue weighted by Gasteiger charge is -2.47. The van der Waals surface area contributed by atoms with Gasteiger partial charge in [0.05, 0.1) is 31.5 Å². The van der Waals surface area contributed by atoms with Crippen molar-refractivity contribution < 1.29 is 27.7 Å². The maximum absolute atomic E-state index is 16.4. The third-order valence-electron chi connectivity index (χ3n) is 9.87. The summed E-state index contributed by atoms with van der Waals surface area (Å²) < 4.78 is 35.9. The van der Waals surface area contributed by atoms with Crippen LogP contribution >= 0.6 is 0 Å². The Labute approximate surface area is 257 Å². The number of hydrogen-bond acceptors (Lipinski definition) is 7. The van der Waals surface area contributed by atoms with Crippen LogP contribution in [0.5, 0.6) is 0 Å². The second-order valence-corrected chi connectivity index (χ2v) is 14.1. The Morgan fingerprint density at radius 2 is 1.98 bits per heavy atom. The van der Waals surface area contributed by atoms with Crippen molar-refractivity contribution in [3.8, 4) is 11.3 Å². The Balaban J connectivity index is 1.24. The lowest BCUT2D eigenvalue weighted by Crippen LogP contribution is -2.50. The summed E-state index contributed by atoms with van der Waals surface area (Å²) in [5, 5.41) is 3.56. The standard InChI is InChI=1S/C32H36FN5O5S/c1-34-30(40)27(3-2-12-39)38-15-25-23(31(38)41)4-5-24(28(25)33)26-13-20(14-36-10-7-32(8-11-36)18-43-19-32)22-6-9-37(29(22)35-26)21-16-44(42)17-21/h4-6,9,12-13,21,27H,2-3,7-8,10-11,14-19H2,1H3,(H,34,40). The van der Waals surface area contributed by atoms with Gasteiger partial charge < -0.3 is 24.3 Å². The first-order chi connectivity index (χ1) is 21.3. The number of fused-ring (bicyclic) bond motifs is 2. The number of nitrogens with zero attached hydrogens (tertiary/aromatic N) is 4. The van der Waals surface area contributed by atoms with Gasteiger partial charge in [-0.3, -0.25) is 18.7 Å². The third-order valence-corrected chi connectivity index (χ3v) is 11.4. The molecule has 0 saturated carbocycles. The van der Waals surface area contributed by atoms with Gasteiger partial charge in [-0.25, -0.2) is 9.37 Å². The van der Waals surface area contributed by atoms with Crippen molar-refractivity contribution in [2.24, 2.45) is 5.41 Å². The van der Waals surface area contributed by atoms with Crippen LogP contribution in [0.15, 0.2) is 30.5 Å². The Kier molecular flexibility index (Phi) is 7.62. The van der Waals surface area contributed by atoms with E-state index in [9.17, 15) is 18.6 Å². The van der Waals surface area contributed by atoms with Crippen LogP contribution in [0.25, 0.3) is 22.3 Å². The van der Waals surface area contributed by atoms with Crippen LogP contribution in [0.4, 0.5) is 4.39 Å². The Hall–Kier alpha value is -3.48. The lowest BCUT2D eigenvalue weighted by atomic mass is 9.77. The second kappa shape index (κ2) is 11.5. The fourth-order valence-electron chi connectivity index (χ4n) is 7.05. The zero-order valence-corrected chi connectivity index (χ0v) is 25.5. The first-order valence-corrected chi connectivity index (χ1v) is 16.7. The maximum Gasteiger partial charge on any atom is 0.255 e. The van der Waals surface area contributed by atoms with Gasteiger partial charge in [0.2, 0.25) is 5.91 Å². The number of rotatable bonds is 9. The molecule has 3 fully saturated rings. The molecule has 3 saturated heterocycles. The van der Waals surface area contributed by atoms with Gasteiger partial charge in [-0.05, 0) is 62.2 Å². The molecule has 1 N–H and O–H groups in total.